The van der Waals surface area contributed by atoms with Crippen LogP contribution < -0.4 is 5.32 Å². The van der Waals surface area contributed by atoms with Crippen LogP contribution in [0.5, 0.6) is 5.75 Å². The predicted octanol–water partition coefficient (Wildman–Crippen LogP) is 1.96. The van der Waals surface area contributed by atoms with Crippen molar-refractivity contribution in [1.29, 1.82) is 0 Å². The van der Waals surface area contributed by atoms with Crippen LogP contribution in [0.4, 0.5) is 14.9 Å². The molecule has 0 aliphatic rings. The van der Waals surface area contributed by atoms with E-state index in [4.69, 9.17) is 5.11 Å². The molecule has 1 aromatic carbocycles. The molecule has 3 N–H and O–H groups in total. The molecule has 6 nitrogen and oxygen atoms in total. The van der Waals surface area contributed by atoms with Crippen molar-refractivity contribution in [1.82, 2.24) is 0 Å². The quantitative estimate of drug-likeness (QED) is 0.564. The number of nitrogens with one attached hydrogen (secondary N) is 1. The molecule has 18 heavy (non-hydrogen) atoms. The van der Waals surface area contributed by atoms with E-state index in [0.29, 0.717) is 6.07 Å². The number of carboxylic acid groups (broad SMARTS) is 1. The molecule has 1 amide bonds. The number of carbonyl (C=O) groups excluding carboxylic acids is 1. The van der Waals surface area contributed by atoms with Crippen molar-refractivity contribution in [2.75, 3.05) is 11.9 Å². The Kier molecular flexibility index (Phi) is 4.25. The Balaban J connectivity index is 2.97. The highest BCUT2D eigenvalue weighted by Crippen LogP contribution is 2.28. The number of aromatic hydroxyl groups is 1. The van der Waals surface area contributed by atoms with Crippen LogP contribution in [0.1, 0.15) is 10.4 Å². The number of phenols is 1. The first-order chi connectivity index (χ1) is 8.45. The summed E-state index contributed by atoms with van der Waals surface area (Å²) in [5.41, 5.74) is -0.800. The molecule has 0 unspecified atom stereocenters. The molecule has 0 aromatic heterocycles. The lowest BCUT2D eigenvalue weighted by molar-refractivity contribution is 0.0696. The summed E-state index contributed by atoms with van der Waals surface area (Å²) in [5, 5.41) is 20.0. The highest BCUT2D eigenvalue weighted by molar-refractivity contribution is 5.93. The zero-order valence-corrected chi connectivity index (χ0v) is 9.14. The van der Waals surface area contributed by atoms with Crippen molar-refractivity contribution < 1.29 is 28.9 Å². The van der Waals surface area contributed by atoms with Gasteiger partial charge in [-0.15, -0.1) is 0 Å². The summed E-state index contributed by atoms with van der Waals surface area (Å²) in [6.07, 6.45) is 0.348. The highest BCUT2D eigenvalue weighted by Gasteiger charge is 2.15. The third-order valence-electron chi connectivity index (χ3n) is 1.88. The zero-order valence-electron chi connectivity index (χ0n) is 9.14. The number of carbonyl (C=O) groups is 2. The first-order valence-corrected chi connectivity index (χ1v) is 4.76. The minimum absolute atomic E-state index is 0.0757. The summed E-state index contributed by atoms with van der Waals surface area (Å²) in [7, 11) is 0. The maximum Gasteiger partial charge on any atom is 0.412 e. The Morgan fingerprint density at radius 3 is 2.72 bits per heavy atom. The molecular weight excluding hydrogens is 245 g/mol. The predicted molar refractivity (Wildman–Crippen MR) is 60.2 cm³/mol. The molecule has 1 rings (SSSR count). The first kappa shape index (κ1) is 13.5. The lowest BCUT2D eigenvalue weighted by atomic mass is 10.2. The van der Waals surface area contributed by atoms with Gasteiger partial charge >= 0.3 is 12.1 Å². The number of halogens is 1. The number of aromatic carboxylic acids is 1. The van der Waals surface area contributed by atoms with Crippen LogP contribution in [0.3, 0.4) is 0 Å². The van der Waals surface area contributed by atoms with Gasteiger partial charge in [-0.3, -0.25) is 5.32 Å². The molecule has 0 atom stereocenters. The van der Waals surface area contributed by atoms with Crippen LogP contribution in [0.15, 0.2) is 24.8 Å². The number of hydrogen-bond acceptors (Lipinski definition) is 4. The lowest BCUT2D eigenvalue weighted by Gasteiger charge is -2.08. The zero-order chi connectivity index (χ0) is 13.7. The van der Waals surface area contributed by atoms with E-state index in [9.17, 15) is 19.1 Å². The van der Waals surface area contributed by atoms with E-state index in [2.05, 4.69) is 11.3 Å². The van der Waals surface area contributed by atoms with E-state index in [0.717, 1.165) is 6.07 Å². The van der Waals surface area contributed by atoms with Crippen molar-refractivity contribution >= 4 is 17.7 Å². The molecule has 0 saturated heterocycles. The van der Waals surface area contributed by atoms with Gasteiger partial charge in [0.2, 0.25) is 0 Å². The maximum atomic E-state index is 13.2. The topological polar surface area (TPSA) is 95.9 Å². The van der Waals surface area contributed by atoms with E-state index < -0.39 is 29.2 Å². The van der Waals surface area contributed by atoms with Crippen LogP contribution in [0.25, 0.3) is 0 Å². The molecule has 0 bridgehead atoms. The third-order valence-corrected chi connectivity index (χ3v) is 1.88. The molecule has 0 heterocycles. The average Bonchev–Trinajstić information content (AvgIpc) is 2.31. The number of ether oxygens (including phenoxy) is 1. The fraction of sp³-hybridized carbons (Fsp3) is 0.0909. The molecular formula is C11H10FNO5. The van der Waals surface area contributed by atoms with Gasteiger partial charge in [0.1, 0.15) is 6.61 Å². The normalized spacial score (nSPS) is 9.61. The van der Waals surface area contributed by atoms with Gasteiger partial charge in [0.15, 0.2) is 11.6 Å². The minimum Gasteiger partial charge on any atom is -0.503 e. The smallest absolute Gasteiger partial charge is 0.412 e. The summed E-state index contributed by atoms with van der Waals surface area (Å²) in [6.45, 7) is 3.24. The second-order valence-corrected chi connectivity index (χ2v) is 3.17. The number of hydrogen-bond donors (Lipinski definition) is 3. The minimum atomic E-state index is -1.39. The largest absolute Gasteiger partial charge is 0.503 e. The van der Waals surface area contributed by atoms with Gasteiger partial charge in [0.25, 0.3) is 0 Å². The number of amides is 1. The molecule has 7 heteroatoms. The number of rotatable bonds is 4. The van der Waals surface area contributed by atoms with Gasteiger partial charge in [-0.05, 0) is 12.1 Å². The van der Waals surface area contributed by atoms with Crippen LogP contribution in [-0.2, 0) is 4.74 Å². The van der Waals surface area contributed by atoms with E-state index in [-0.39, 0.29) is 12.3 Å². The van der Waals surface area contributed by atoms with Gasteiger partial charge in [-0.1, -0.05) is 12.7 Å². The Labute approximate surface area is 101 Å². The molecule has 96 valence electrons. The summed E-state index contributed by atoms with van der Waals surface area (Å²) in [6, 6.07) is 1.55. The van der Waals surface area contributed by atoms with Crippen molar-refractivity contribution in [3.63, 3.8) is 0 Å². The fourth-order valence-electron chi connectivity index (χ4n) is 1.10. The van der Waals surface area contributed by atoms with Crippen LogP contribution in [0.2, 0.25) is 0 Å². The van der Waals surface area contributed by atoms with E-state index in [1.54, 1.807) is 0 Å². The van der Waals surface area contributed by atoms with E-state index in [1.807, 2.05) is 5.32 Å². The SMILES string of the molecule is C=CCOC(=O)Nc1cc(C(=O)O)cc(F)c1O. The summed E-state index contributed by atoms with van der Waals surface area (Å²) >= 11 is 0. The Hall–Kier alpha value is -2.57. The van der Waals surface area contributed by atoms with E-state index >= 15 is 0 Å². The van der Waals surface area contributed by atoms with Gasteiger partial charge in [-0.2, -0.15) is 0 Å². The molecule has 0 radical (unpaired) electrons. The van der Waals surface area contributed by atoms with Crippen LogP contribution in [0, 0.1) is 5.82 Å². The Morgan fingerprint density at radius 2 is 2.17 bits per heavy atom. The average molecular weight is 255 g/mol. The number of phenolic OH excluding ortho intramolecular Hbond substituents is 1. The number of anilines is 1. The number of benzene rings is 1. The summed E-state index contributed by atoms with van der Waals surface area (Å²) < 4.78 is 17.7. The molecule has 0 aliphatic carbocycles. The van der Waals surface area contributed by atoms with Gasteiger partial charge in [-0.25, -0.2) is 14.0 Å². The van der Waals surface area contributed by atoms with Crippen molar-refractivity contribution in [2.45, 2.75) is 0 Å². The van der Waals surface area contributed by atoms with Crippen molar-refractivity contribution in [3.8, 4) is 5.75 Å². The molecule has 0 aliphatic heterocycles. The standard InChI is InChI=1S/C11H10FNO5/c1-2-3-18-11(17)13-8-5-6(10(15)16)4-7(12)9(8)14/h2,4-5,14H,1,3H2,(H,13,17)(H,15,16). The molecule has 0 spiro atoms. The Morgan fingerprint density at radius 1 is 1.50 bits per heavy atom. The first-order valence-electron chi connectivity index (χ1n) is 4.76. The van der Waals surface area contributed by atoms with E-state index in [1.165, 1.54) is 6.08 Å². The highest BCUT2D eigenvalue weighted by atomic mass is 19.1. The third kappa shape index (κ3) is 3.21. The summed E-state index contributed by atoms with van der Waals surface area (Å²) in [5.74, 6) is -3.42. The van der Waals surface area contributed by atoms with Crippen LogP contribution >= 0.6 is 0 Å². The molecule has 1 aromatic rings. The van der Waals surface area contributed by atoms with Gasteiger partial charge in [0, 0.05) is 0 Å². The molecule has 0 saturated carbocycles. The summed E-state index contributed by atoms with van der Waals surface area (Å²) in [4.78, 5) is 21.8. The van der Waals surface area contributed by atoms with Gasteiger partial charge < -0.3 is 14.9 Å². The Bertz CT molecular complexity index is 500. The second-order valence-electron chi connectivity index (χ2n) is 3.17. The monoisotopic (exact) mass is 255 g/mol. The van der Waals surface area contributed by atoms with Crippen molar-refractivity contribution in [3.05, 3.63) is 36.2 Å². The lowest BCUT2D eigenvalue weighted by Crippen LogP contribution is -2.14. The van der Waals surface area contributed by atoms with Crippen molar-refractivity contribution in [2.24, 2.45) is 0 Å². The number of carboxylic acids is 1. The van der Waals surface area contributed by atoms with Crippen LogP contribution in [-0.4, -0.2) is 28.9 Å². The fourth-order valence-corrected chi connectivity index (χ4v) is 1.10. The molecule has 0 fully saturated rings. The maximum absolute atomic E-state index is 13.2. The van der Waals surface area contributed by atoms with Gasteiger partial charge in [0.05, 0.1) is 11.3 Å². The second kappa shape index (κ2) is 5.67.